The largest absolute Gasteiger partial charge is 0.453 e. The zero-order valence-electron chi connectivity index (χ0n) is 8.23. The second-order valence-corrected chi connectivity index (χ2v) is 5.81. The fourth-order valence-electron chi connectivity index (χ4n) is 1.42. The molecular formula is C10H7ClO4S. The average molecular weight is 259 g/mol. The van der Waals surface area contributed by atoms with Crippen LogP contribution in [0.25, 0.3) is 11.0 Å². The number of benzene rings is 1. The van der Waals surface area contributed by atoms with Crippen molar-refractivity contribution in [3.63, 3.8) is 0 Å². The van der Waals surface area contributed by atoms with Gasteiger partial charge in [0, 0.05) is 23.0 Å². The molecule has 0 atom stereocenters. The summed E-state index contributed by atoms with van der Waals surface area (Å²) in [6, 6.07) is 5.83. The zero-order valence-corrected chi connectivity index (χ0v) is 9.80. The molecule has 0 saturated heterocycles. The van der Waals surface area contributed by atoms with Crippen LogP contribution in [0.2, 0.25) is 0 Å². The summed E-state index contributed by atoms with van der Waals surface area (Å²) in [6.45, 7) is 1.34. The summed E-state index contributed by atoms with van der Waals surface area (Å²) in [7, 11) is 1.43. The molecule has 0 aliphatic rings. The third kappa shape index (κ3) is 1.83. The van der Waals surface area contributed by atoms with E-state index >= 15 is 0 Å². The second-order valence-electron chi connectivity index (χ2n) is 3.27. The topological polar surface area (TPSA) is 64.3 Å². The maximum atomic E-state index is 11.3. The number of hydrogen-bond donors (Lipinski definition) is 0. The van der Waals surface area contributed by atoms with Gasteiger partial charge in [0.05, 0.1) is 4.90 Å². The SMILES string of the molecule is CC(=O)c1cc2c(S(=O)(=O)Cl)cccc2o1. The van der Waals surface area contributed by atoms with Gasteiger partial charge < -0.3 is 4.42 Å². The Morgan fingerprint density at radius 1 is 1.38 bits per heavy atom. The van der Waals surface area contributed by atoms with Gasteiger partial charge in [0.25, 0.3) is 9.05 Å². The summed E-state index contributed by atoms with van der Waals surface area (Å²) >= 11 is 0. The van der Waals surface area contributed by atoms with Gasteiger partial charge in [-0.2, -0.15) is 0 Å². The fraction of sp³-hybridized carbons (Fsp3) is 0.100. The number of carbonyl (C=O) groups excluding carboxylic acids is 1. The number of furan rings is 1. The Labute approximate surface area is 96.2 Å². The average Bonchev–Trinajstić information content (AvgIpc) is 2.58. The summed E-state index contributed by atoms with van der Waals surface area (Å²) in [5, 5.41) is 0.322. The van der Waals surface area contributed by atoms with Gasteiger partial charge in [0.1, 0.15) is 5.58 Å². The molecule has 2 aromatic rings. The third-order valence-corrected chi connectivity index (χ3v) is 3.51. The minimum absolute atomic E-state index is 0.0529. The van der Waals surface area contributed by atoms with E-state index in [1.807, 2.05) is 0 Å². The molecule has 0 saturated carbocycles. The summed E-state index contributed by atoms with van der Waals surface area (Å²) < 4.78 is 27.7. The van der Waals surface area contributed by atoms with Crippen LogP contribution in [0.3, 0.4) is 0 Å². The third-order valence-electron chi connectivity index (χ3n) is 2.13. The van der Waals surface area contributed by atoms with Crippen LogP contribution in [0.4, 0.5) is 0 Å². The molecule has 0 amide bonds. The normalized spacial score (nSPS) is 11.9. The van der Waals surface area contributed by atoms with Gasteiger partial charge in [-0.3, -0.25) is 4.79 Å². The highest BCUT2D eigenvalue weighted by molar-refractivity contribution is 8.14. The van der Waals surface area contributed by atoms with E-state index in [9.17, 15) is 13.2 Å². The number of hydrogen-bond acceptors (Lipinski definition) is 4. The molecule has 0 bridgehead atoms. The highest BCUT2D eigenvalue weighted by Gasteiger charge is 2.17. The van der Waals surface area contributed by atoms with E-state index in [1.165, 1.54) is 25.1 Å². The van der Waals surface area contributed by atoms with E-state index in [0.29, 0.717) is 11.0 Å². The lowest BCUT2D eigenvalue weighted by Gasteiger charge is -1.95. The summed E-state index contributed by atoms with van der Waals surface area (Å²) in [4.78, 5) is 11.0. The van der Waals surface area contributed by atoms with Crippen LogP contribution >= 0.6 is 10.7 Å². The van der Waals surface area contributed by atoms with Crippen molar-refractivity contribution >= 4 is 36.5 Å². The Hall–Kier alpha value is -1.33. The molecular weight excluding hydrogens is 252 g/mol. The highest BCUT2D eigenvalue weighted by Crippen LogP contribution is 2.28. The number of carbonyl (C=O) groups is 1. The molecule has 0 unspecified atom stereocenters. The minimum atomic E-state index is -3.84. The molecule has 0 aliphatic carbocycles. The predicted octanol–water partition coefficient (Wildman–Crippen LogP) is 2.56. The summed E-state index contributed by atoms with van der Waals surface area (Å²) in [6.07, 6.45) is 0. The number of fused-ring (bicyclic) bond motifs is 1. The summed E-state index contributed by atoms with van der Waals surface area (Å²) in [5.74, 6) is -0.156. The van der Waals surface area contributed by atoms with Crippen molar-refractivity contribution in [2.24, 2.45) is 0 Å². The van der Waals surface area contributed by atoms with E-state index in [4.69, 9.17) is 15.1 Å². The van der Waals surface area contributed by atoms with Gasteiger partial charge in [0.15, 0.2) is 11.5 Å². The first kappa shape index (κ1) is 11.2. The Morgan fingerprint density at radius 3 is 2.62 bits per heavy atom. The number of Topliss-reactive ketones (excluding diaryl/α,β-unsaturated/α-hetero) is 1. The van der Waals surface area contributed by atoms with Crippen molar-refractivity contribution in [2.45, 2.75) is 11.8 Å². The molecule has 6 heteroatoms. The molecule has 1 aromatic heterocycles. The van der Waals surface area contributed by atoms with Crippen molar-refractivity contribution in [3.8, 4) is 0 Å². The molecule has 16 heavy (non-hydrogen) atoms. The van der Waals surface area contributed by atoms with Gasteiger partial charge in [0.2, 0.25) is 0 Å². The number of rotatable bonds is 2. The molecule has 0 radical (unpaired) electrons. The first-order valence-electron chi connectivity index (χ1n) is 4.38. The zero-order chi connectivity index (χ0) is 11.9. The maximum Gasteiger partial charge on any atom is 0.262 e. The van der Waals surface area contributed by atoms with Crippen molar-refractivity contribution in [3.05, 3.63) is 30.0 Å². The van der Waals surface area contributed by atoms with Crippen LogP contribution in [0.15, 0.2) is 33.6 Å². The Balaban J connectivity index is 2.83. The van der Waals surface area contributed by atoms with Crippen LogP contribution in [0.5, 0.6) is 0 Å². The van der Waals surface area contributed by atoms with E-state index in [0.717, 1.165) is 0 Å². The van der Waals surface area contributed by atoms with Gasteiger partial charge in [-0.05, 0) is 18.2 Å². The van der Waals surface area contributed by atoms with Gasteiger partial charge in [-0.25, -0.2) is 8.42 Å². The molecule has 0 aliphatic heterocycles. The second kappa shape index (κ2) is 3.61. The Morgan fingerprint density at radius 2 is 2.06 bits per heavy atom. The van der Waals surface area contributed by atoms with E-state index in [1.54, 1.807) is 6.07 Å². The van der Waals surface area contributed by atoms with Crippen LogP contribution < -0.4 is 0 Å². The first-order valence-corrected chi connectivity index (χ1v) is 6.68. The first-order chi connectivity index (χ1) is 7.39. The Bertz CT molecular complexity index is 669. The smallest absolute Gasteiger partial charge is 0.262 e. The molecule has 0 N–H and O–H groups in total. The number of halogens is 1. The molecule has 84 valence electrons. The van der Waals surface area contributed by atoms with Crippen LogP contribution in [0, 0.1) is 0 Å². The molecule has 1 aromatic carbocycles. The van der Waals surface area contributed by atoms with Gasteiger partial charge in [-0.15, -0.1) is 0 Å². The highest BCUT2D eigenvalue weighted by atomic mass is 35.7. The van der Waals surface area contributed by atoms with Gasteiger partial charge >= 0.3 is 0 Å². The molecule has 1 heterocycles. The Kier molecular flexibility index (Phi) is 2.52. The lowest BCUT2D eigenvalue weighted by atomic mass is 10.2. The standard InChI is InChI=1S/C10H7ClO4S/c1-6(12)9-5-7-8(15-9)3-2-4-10(7)16(11,13)14/h2-5H,1H3. The summed E-state index contributed by atoms with van der Waals surface area (Å²) in [5.41, 5.74) is 0.326. The maximum absolute atomic E-state index is 11.3. The minimum Gasteiger partial charge on any atom is -0.453 e. The molecule has 0 fully saturated rings. The van der Waals surface area contributed by atoms with Crippen molar-refractivity contribution in [1.29, 1.82) is 0 Å². The molecule has 4 nitrogen and oxygen atoms in total. The van der Waals surface area contributed by atoms with Crippen molar-refractivity contribution < 1.29 is 17.6 Å². The van der Waals surface area contributed by atoms with Crippen molar-refractivity contribution in [2.75, 3.05) is 0 Å². The van der Waals surface area contributed by atoms with E-state index < -0.39 is 9.05 Å². The lowest BCUT2D eigenvalue weighted by molar-refractivity contribution is 0.0989. The van der Waals surface area contributed by atoms with Crippen molar-refractivity contribution in [1.82, 2.24) is 0 Å². The number of ketones is 1. The molecule has 2 rings (SSSR count). The van der Waals surface area contributed by atoms with Gasteiger partial charge in [-0.1, -0.05) is 6.07 Å². The van der Waals surface area contributed by atoms with Crippen LogP contribution in [-0.2, 0) is 9.05 Å². The van der Waals surface area contributed by atoms with E-state index in [2.05, 4.69) is 0 Å². The predicted molar refractivity (Wildman–Crippen MR) is 59.3 cm³/mol. The lowest BCUT2D eigenvalue weighted by Crippen LogP contribution is -1.90. The van der Waals surface area contributed by atoms with Crippen LogP contribution in [-0.4, -0.2) is 14.2 Å². The van der Waals surface area contributed by atoms with Crippen LogP contribution in [0.1, 0.15) is 17.5 Å². The fourth-order valence-corrected chi connectivity index (χ4v) is 2.49. The quantitative estimate of drug-likeness (QED) is 0.613. The monoisotopic (exact) mass is 258 g/mol. The molecule has 0 spiro atoms. The van der Waals surface area contributed by atoms with E-state index in [-0.39, 0.29) is 16.4 Å².